The number of hydrogen-bond acceptors (Lipinski definition) is 3. The molecule has 0 aliphatic heterocycles. The fourth-order valence-corrected chi connectivity index (χ4v) is 3.64. The second kappa shape index (κ2) is 8.28. The number of anilines is 1. The van der Waals surface area contributed by atoms with Gasteiger partial charge in [0.2, 0.25) is 5.91 Å². The highest BCUT2D eigenvalue weighted by Crippen LogP contribution is 2.35. The Hall–Kier alpha value is -2.17. The minimum absolute atomic E-state index is 0.0171. The number of benzene rings is 2. The Kier molecular flexibility index (Phi) is 5.84. The number of aliphatic hydroxyl groups excluding tert-OH is 1. The van der Waals surface area contributed by atoms with Crippen molar-refractivity contribution >= 4 is 11.6 Å². The van der Waals surface area contributed by atoms with E-state index in [-0.39, 0.29) is 12.5 Å². The predicted molar refractivity (Wildman–Crippen MR) is 101 cm³/mol. The summed E-state index contributed by atoms with van der Waals surface area (Å²) in [4.78, 5) is 14.6. The summed E-state index contributed by atoms with van der Waals surface area (Å²) < 4.78 is 0. The maximum Gasteiger partial charge on any atom is 0.225 e. The third-order valence-electron chi connectivity index (χ3n) is 4.97. The molecule has 4 nitrogen and oxygen atoms in total. The van der Waals surface area contributed by atoms with Crippen LogP contribution >= 0.6 is 0 Å². The van der Waals surface area contributed by atoms with Crippen molar-refractivity contribution in [1.82, 2.24) is 4.90 Å². The molecule has 25 heavy (non-hydrogen) atoms. The highest BCUT2D eigenvalue weighted by Gasteiger charge is 2.27. The van der Waals surface area contributed by atoms with E-state index in [9.17, 15) is 9.90 Å². The topological polar surface area (TPSA) is 52.6 Å². The van der Waals surface area contributed by atoms with Gasteiger partial charge < -0.3 is 10.4 Å². The van der Waals surface area contributed by atoms with Crippen LogP contribution in [0.1, 0.15) is 35.6 Å². The summed E-state index contributed by atoms with van der Waals surface area (Å²) in [7, 11) is 0. The maximum absolute atomic E-state index is 12.3. The molecule has 0 bridgehead atoms. The minimum Gasteiger partial charge on any atom is -0.395 e. The fraction of sp³-hybridized carbons (Fsp3) is 0.381. The van der Waals surface area contributed by atoms with Crippen LogP contribution in [0.4, 0.5) is 5.69 Å². The number of carbonyl (C=O) groups excluding carboxylic acids is 1. The Labute approximate surface area is 149 Å². The SMILES string of the molecule is Cc1ccccc1NC(=O)CCN(CCO)C1CCc2ccccc21. The second-order valence-corrected chi connectivity index (χ2v) is 6.63. The minimum atomic E-state index is 0.0171. The summed E-state index contributed by atoms with van der Waals surface area (Å²) in [5, 5.41) is 12.4. The lowest BCUT2D eigenvalue weighted by Crippen LogP contribution is -2.33. The summed E-state index contributed by atoms with van der Waals surface area (Å²) in [5.41, 5.74) is 4.66. The van der Waals surface area contributed by atoms with Crippen LogP contribution < -0.4 is 5.32 Å². The Bertz CT molecular complexity index is 729. The number of aryl methyl sites for hydroxylation is 2. The third kappa shape index (κ3) is 4.27. The number of rotatable bonds is 7. The first-order chi connectivity index (χ1) is 12.2. The molecule has 0 aromatic heterocycles. The van der Waals surface area contributed by atoms with Crippen molar-refractivity contribution in [1.29, 1.82) is 0 Å². The quantitative estimate of drug-likeness (QED) is 0.814. The van der Waals surface area contributed by atoms with Crippen molar-refractivity contribution in [3.8, 4) is 0 Å². The molecule has 2 N–H and O–H groups in total. The Balaban J connectivity index is 1.61. The van der Waals surface area contributed by atoms with Gasteiger partial charge in [0.15, 0.2) is 0 Å². The monoisotopic (exact) mass is 338 g/mol. The maximum atomic E-state index is 12.3. The van der Waals surface area contributed by atoms with E-state index >= 15 is 0 Å². The van der Waals surface area contributed by atoms with Crippen LogP contribution in [-0.2, 0) is 11.2 Å². The molecule has 2 aromatic carbocycles. The van der Waals surface area contributed by atoms with Gasteiger partial charge in [-0.25, -0.2) is 0 Å². The van der Waals surface area contributed by atoms with Crippen LogP contribution in [0.5, 0.6) is 0 Å². The molecule has 132 valence electrons. The number of carbonyl (C=O) groups is 1. The lowest BCUT2D eigenvalue weighted by Gasteiger charge is -2.28. The first-order valence-electron chi connectivity index (χ1n) is 8.97. The van der Waals surface area contributed by atoms with E-state index in [0.717, 1.165) is 24.1 Å². The van der Waals surface area contributed by atoms with E-state index in [1.807, 2.05) is 31.2 Å². The molecule has 4 heteroatoms. The lowest BCUT2D eigenvalue weighted by atomic mass is 10.1. The van der Waals surface area contributed by atoms with Crippen molar-refractivity contribution in [3.63, 3.8) is 0 Å². The zero-order chi connectivity index (χ0) is 17.6. The van der Waals surface area contributed by atoms with E-state index in [4.69, 9.17) is 0 Å². The van der Waals surface area contributed by atoms with E-state index < -0.39 is 0 Å². The molecule has 3 rings (SSSR count). The van der Waals surface area contributed by atoms with Gasteiger partial charge in [0.1, 0.15) is 0 Å². The van der Waals surface area contributed by atoms with Crippen molar-refractivity contribution in [2.75, 3.05) is 25.0 Å². The summed E-state index contributed by atoms with van der Waals surface area (Å²) >= 11 is 0. The van der Waals surface area contributed by atoms with Crippen LogP contribution in [0.2, 0.25) is 0 Å². The molecule has 1 amide bonds. The van der Waals surface area contributed by atoms with Gasteiger partial charge in [-0.15, -0.1) is 0 Å². The number of aliphatic hydroxyl groups is 1. The lowest BCUT2D eigenvalue weighted by molar-refractivity contribution is -0.116. The Morgan fingerprint density at radius 2 is 1.92 bits per heavy atom. The van der Waals surface area contributed by atoms with E-state index in [2.05, 4.69) is 34.5 Å². The summed E-state index contributed by atoms with van der Waals surface area (Å²) in [6, 6.07) is 16.6. The molecule has 0 saturated heterocycles. The molecular formula is C21H26N2O2. The molecule has 1 atom stereocenters. The number of nitrogens with zero attached hydrogens (tertiary/aromatic N) is 1. The van der Waals surface area contributed by atoms with Gasteiger partial charge >= 0.3 is 0 Å². The molecule has 0 heterocycles. The van der Waals surface area contributed by atoms with E-state index in [0.29, 0.717) is 25.6 Å². The Morgan fingerprint density at radius 3 is 2.72 bits per heavy atom. The van der Waals surface area contributed by atoms with Gasteiger partial charge in [0, 0.05) is 31.2 Å². The van der Waals surface area contributed by atoms with Gasteiger partial charge in [-0.2, -0.15) is 0 Å². The van der Waals surface area contributed by atoms with Gasteiger partial charge in [0.05, 0.1) is 6.61 Å². The van der Waals surface area contributed by atoms with Crippen LogP contribution in [0.25, 0.3) is 0 Å². The zero-order valence-electron chi connectivity index (χ0n) is 14.7. The van der Waals surface area contributed by atoms with Crippen LogP contribution in [0.15, 0.2) is 48.5 Å². The molecule has 0 saturated carbocycles. The summed E-state index contributed by atoms with van der Waals surface area (Å²) in [6.45, 7) is 3.34. The molecule has 1 unspecified atom stereocenters. The van der Waals surface area contributed by atoms with Gasteiger partial charge in [-0.3, -0.25) is 9.69 Å². The normalized spacial score (nSPS) is 16.0. The average molecular weight is 338 g/mol. The van der Waals surface area contributed by atoms with Crippen molar-refractivity contribution < 1.29 is 9.90 Å². The van der Waals surface area contributed by atoms with Crippen LogP contribution in [0.3, 0.4) is 0 Å². The molecule has 1 aliphatic rings. The van der Waals surface area contributed by atoms with Crippen molar-refractivity contribution in [3.05, 3.63) is 65.2 Å². The van der Waals surface area contributed by atoms with Gasteiger partial charge in [0.25, 0.3) is 0 Å². The molecule has 0 fully saturated rings. The number of fused-ring (bicyclic) bond motifs is 1. The van der Waals surface area contributed by atoms with Crippen molar-refractivity contribution in [2.24, 2.45) is 0 Å². The number of nitrogens with one attached hydrogen (secondary N) is 1. The average Bonchev–Trinajstić information content (AvgIpc) is 3.05. The fourth-order valence-electron chi connectivity index (χ4n) is 3.64. The molecule has 0 spiro atoms. The largest absolute Gasteiger partial charge is 0.395 e. The first kappa shape index (κ1) is 17.6. The smallest absolute Gasteiger partial charge is 0.225 e. The van der Waals surface area contributed by atoms with E-state index in [1.165, 1.54) is 11.1 Å². The van der Waals surface area contributed by atoms with Crippen molar-refractivity contribution in [2.45, 2.75) is 32.2 Å². The first-order valence-corrected chi connectivity index (χ1v) is 8.97. The molecule has 1 aliphatic carbocycles. The van der Waals surface area contributed by atoms with Gasteiger partial charge in [-0.05, 0) is 42.5 Å². The number of para-hydroxylation sites is 1. The standard InChI is InChI=1S/C21H26N2O2/c1-16-6-2-5-9-19(16)22-21(25)12-13-23(14-15-24)20-11-10-17-7-3-4-8-18(17)20/h2-9,20,24H,10-15H2,1H3,(H,22,25). The molecule has 0 radical (unpaired) electrons. The van der Waals surface area contributed by atoms with E-state index in [1.54, 1.807) is 0 Å². The summed E-state index contributed by atoms with van der Waals surface area (Å²) in [6.07, 6.45) is 2.55. The highest BCUT2D eigenvalue weighted by molar-refractivity contribution is 5.91. The molecular weight excluding hydrogens is 312 g/mol. The number of amides is 1. The third-order valence-corrected chi connectivity index (χ3v) is 4.97. The zero-order valence-corrected chi connectivity index (χ0v) is 14.7. The molecule has 2 aromatic rings. The van der Waals surface area contributed by atoms with Crippen LogP contribution in [0, 0.1) is 6.92 Å². The predicted octanol–water partition coefficient (Wildman–Crippen LogP) is 3.31. The second-order valence-electron chi connectivity index (χ2n) is 6.63. The summed E-state index contributed by atoms with van der Waals surface area (Å²) in [5.74, 6) is 0.0171. The number of hydrogen-bond donors (Lipinski definition) is 2. The van der Waals surface area contributed by atoms with Crippen LogP contribution in [-0.4, -0.2) is 35.6 Å². The Morgan fingerprint density at radius 1 is 1.16 bits per heavy atom. The van der Waals surface area contributed by atoms with Gasteiger partial charge in [-0.1, -0.05) is 42.5 Å². The highest BCUT2D eigenvalue weighted by atomic mass is 16.3.